The molecule has 0 spiro atoms. The molecule has 0 aromatic heterocycles. The zero-order valence-electron chi connectivity index (χ0n) is 10.0. The Morgan fingerprint density at radius 2 is 2.25 bits per heavy atom. The SMILES string of the molecule is CCCC1CC(NC2COCC2O)CCO1. The topological polar surface area (TPSA) is 50.7 Å². The average Bonchev–Trinajstić information content (AvgIpc) is 2.66. The molecule has 0 aromatic rings. The van der Waals surface area contributed by atoms with Gasteiger partial charge in [-0.1, -0.05) is 13.3 Å². The van der Waals surface area contributed by atoms with Crippen molar-refractivity contribution in [2.45, 2.75) is 56.9 Å². The van der Waals surface area contributed by atoms with Crippen LogP contribution in [0.2, 0.25) is 0 Å². The molecule has 4 unspecified atom stereocenters. The third-order valence-electron chi connectivity index (χ3n) is 3.48. The van der Waals surface area contributed by atoms with E-state index in [2.05, 4.69) is 12.2 Å². The molecular weight excluding hydrogens is 206 g/mol. The highest BCUT2D eigenvalue weighted by molar-refractivity contribution is 4.86. The van der Waals surface area contributed by atoms with Gasteiger partial charge in [-0.25, -0.2) is 0 Å². The van der Waals surface area contributed by atoms with E-state index in [1.54, 1.807) is 0 Å². The van der Waals surface area contributed by atoms with Crippen LogP contribution in [-0.4, -0.2) is 49.2 Å². The van der Waals surface area contributed by atoms with E-state index in [0.29, 0.717) is 25.4 Å². The van der Waals surface area contributed by atoms with Crippen molar-refractivity contribution in [3.63, 3.8) is 0 Å². The molecule has 0 bridgehead atoms. The van der Waals surface area contributed by atoms with E-state index in [1.807, 2.05) is 0 Å². The summed E-state index contributed by atoms with van der Waals surface area (Å²) in [6.07, 6.45) is 4.48. The molecular formula is C12H23NO3. The first-order valence-corrected chi connectivity index (χ1v) is 6.43. The minimum Gasteiger partial charge on any atom is -0.389 e. The van der Waals surface area contributed by atoms with Crippen LogP contribution in [0.4, 0.5) is 0 Å². The van der Waals surface area contributed by atoms with Crippen molar-refractivity contribution < 1.29 is 14.6 Å². The molecule has 4 atom stereocenters. The highest BCUT2D eigenvalue weighted by Gasteiger charge is 2.30. The van der Waals surface area contributed by atoms with Crippen molar-refractivity contribution >= 4 is 0 Å². The Hall–Kier alpha value is -0.160. The van der Waals surface area contributed by atoms with Gasteiger partial charge in [0.05, 0.1) is 31.5 Å². The number of aliphatic hydroxyl groups excluding tert-OH is 1. The maximum absolute atomic E-state index is 9.67. The second-order valence-electron chi connectivity index (χ2n) is 4.88. The van der Waals surface area contributed by atoms with Crippen LogP contribution in [0, 0.1) is 0 Å². The van der Waals surface area contributed by atoms with Crippen molar-refractivity contribution in [3.05, 3.63) is 0 Å². The molecule has 0 amide bonds. The maximum atomic E-state index is 9.67. The summed E-state index contributed by atoms with van der Waals surface area (Å²) < 4.78 is 10.9. The van der Waals surface area contributed by atoms with Crippen molar-refractivity contribution in [3.8, 4) is 0 Å². The van der Waals surface area contributed by atoms with E-state index in [9.17, 15) is 5.11 Å². The van der Waals surface area contributed by atoms with Gasteiger partial charge in [-0.15, -0.1) is 0 Å². The molecule has 16 heavy (non-hydrogen) atoms. The number of aliphatic hydroxyl groups is 1. The van der Waals surface area contributed by atoms with Gasteiger partial charge < -0.3 is 19.9 Å². The van der Waals surface area contributed by atoms with Gasteiger partial charge in [0.25, 0.3) is 0 Å². The van der Waals surface area contributed by atoms with E-state index in [1.165, 1.54) is 6.42 Å². The highest BCUT2D eigenvalue weighted by Crippen LogP contribution is 2.19. The van der Waals surface area contributed by atoms with Crippen molar-refractivity contribution in [2.75, 3.05) is 19.8 Å². The van der Waals surface area contributed by atoms with Crippen LogP contribution in [0.25, 0.3) is 0 Å². The number of nitrogens with one attached hydrogen (secondary N) is 1. The van der Waals surface area contributed by atoms with Crippen molar-refractivity contribution in [2.24, 2.45) is 0 Å². The van der Waals surface area contributed by atoms with Gasteiger partial charge in [0.15, 0.2) is 0 Å². The predicted octanol–water partition coefficient (Wildman–Crippen LogP) is 0.683. The van der Waals surface area contributed by atoms with Gasteiger partial charge in [-0.3, -0.25) is 0 Å². The van der Waals surface area contributed by atoms with Crippen LogP contribution in [-0.2, 0) is 9.47 Å². The van der Waals surface area contributed by atoms with Crippen LogP contribution in [0.1, 0.15) is 32.6 Å². The predicted molar refractivity (Wildman–Crippen MR) is 61.4 cm³/mol. The molecule has 0 aliphatic carbocycles. The molecule has 2 saturated heterocycles. The monoisotopic (exact) mass is 229 g/mol. The average molecular weight is 229 g/mol. The van der Waals surface area contributed by atoms with E-state index >= 15 is 0 Å². The van der Waals surface area contributed by atoms with Gasteiger partial charge in [0, 0.05) is 12.6 Å². The molecule has 2 aliphatic heterocycles. The molecule has 2 aliphatic rings. The van der Waals surface area contributed by atoms with Crippen molar-refractivity contribution in [1.29, 1.82) is 0 Å². The second-order valence-corrected chi connectivity index (χ2v) is 4.88. The van der Waals surface area contributed by atoms with Gasteiger partial charge in [-0.05, 0) is 19.3 Å². The van der Waals surface area contributed by atoms with Gasteiger partial charge >= 0.3 is 0 Å². The molecule has 0 radical (unpaired) electrons. The highest BCUT2D eigenvalue weighted by atomic mass is 16.5. The van der Waals surface area contributed by atoms with Crippen LogP contribution >= 0.6 is 0 Å². The molecule has 2 rings (SSSR count). The van der Waals surface area contributed by atoms with Crippen molar-refractivity contribution in [1.82, 2.24) is 5.32 Å². The minimum absolute atomic E-state index is 0.116. The summed E-state index contributed by atoms with van der Waals surface area (Å²) in [5.74, 6) is 0. The standard InChI is InChI=1S/C12H23NO3/c1-2-3-10-6-9(4-5-16-10)13-11-7-15-8-12(11)14/h9-14H,2-8H2,1H3. The number of hydrogen-bond acceptors (Lipinski definition) is 4. The molecule has 2 fully saturated rings. The number of rotatable bonds is 4. The van der Waals surface area contributed by atoms with E-state index < -0.39 is 0 Å². The fourth-order valence-electron chi connectivity index (χ4n) is 2.56. The van der Waals surface area contributed by atoms with Gasteiger partial charge in [0.1, 0.15) is 0 Å². The second kappa shape index (κ2) is 5.96. The lowest BCUT2D eigenvalue weighted by molar-refractivity contribution is -0.00736. The van der Waals surface area contributed by atoms with Crippen LogP contribution in [0.15, 0.2) is 0 Å². The summed E-state index contributed by atoms with van der Waals surface area (Å²) >= 11 is 0. The molecule has 2 heterocycles. The Kier molecular flexibility index (Phi) is 4.58. The summed E-state index contributed by atoms with van der Waals surface area (Å²) in [7, 11) is 0. The first-order chi connectivity index (χ1) is 7.79. The largest absolute Gasteiger partial charge is 0.389 e. The van der Waals surface area contributed by atoms with E-state index in [0.717, 1.165) is 25.9 Å². The van der Waals surface area contributed by atoms with E-state index in [-0.39, 0.29) is 12.1 Å². The first-order valence-electron chi connectivity index (χ1n) is 6.43. The molecule has 4 nitrogen and oxygen atoms in total. The quantitative estimate of drug-likeness (QED) is 0.744. The lowest BCUT2D eigenvalue weighted by atomic mass is 9.99. The molecule has 0 aromatic carbocycles. The lowest BCUT2D eigenvalue weighted by Gasteiger charge is -2.32. The Labute approximate surface area is 97.3 Å². The zero-order valence-corrected chi connectivity index (χ0v) is 10.0. The number of hydrogen-bond donors (Lipinski definition) is 2. The minimum atomic E-state index is -0.340. The van der Waals surface area contributed by atoms with Gasteiger partial charge in [0.2, 0.25) is 0 Å². The number of ether oxygens (including phenoxy) is 2. The summed E-state index contributed by atoms with van der Waals surface area (Å²) in [4.78, 5) is 0. The molecule has 2 N–H and O–H groups in total. The third kappa shape index (κ3) is 3.17. The summed E-state index contributed by atoms with van der Waals surface area (Å²) in [6.45, 7) is 4.14. The van der Waals surface area contributed by atoms with Crippen LogP contribution in [0.3, 0.4) is 0 Å². The fraction of sp³-hybridized carbons (Fsp3) is 1.00. The summed E-state index contributed by atoms with van der Waals surface area (Å²) in [6, 6.07) is 0.594. The molecule has 94 valence electrons. The Bertz CT molecular complexity index is 210. The lowest BCUT2D eigenvalue weighted by Crippen LogP contribution is -2.48. The smallest absolute Gasteiger partial charge is 0.0948 e. The first kappa shape index (κ1) is 12.3. The zero-order chi connectivity index (χ0) is 11.4. The van der Waals surface area contributed by atoms with E-state index in [4.69, 9.17) is 9.47 Å². The Balaban J connectivity index is 1.76. The fourth-order valence-corrected chi connectivity index (χ4v) is 2.56. The Morgan fingerprint density at radius 1 is 1.38 bits per heavy atom. The van der Waals surface area contributed by atoms with Crippen LogP contribution < -0.4 is 5.32 Å². The molecule has 4 heteroatoms. The Morgan fingerprint density at radius 3 is 2.94 bits per heavy atom. The maximum Gasteiger partial charge on any atom is 0.0948 e. The molecule has 0 saturated carbocycles. The van der Waals surface area contributed by atoms with Gasteiger partial charge in [-0.2, -0.15) is 0 Å². The summed E-state index contributed by atoms with van der Waals surface area (Å²) in [5.41, 5.74) is 0. The summed E-state index contributed by atoms with van der Waals surface area (Å²) in [5, 5.41) is 13.2. The normalized spacial score (nSPS) is 40.1. The van der Waals surface area contributed by atoms with Crippen LogP contribution in [0.5, 0.6) is 0 Å². The third-order valence-corrected chi connectivity index (χ3v) is 3.48.